The van der Waals surface area contributed by atoms with Crippen molar-refractivity contribution in [3.05, 3.63) is 54.6 Å². The number of alkyl halides is 2. The number of carbonyl (C=O) groups is 1. The number of benzene rings is 2. The van der Waals surface area contributed by atoms with Gasteiger partial charge in [-0.1, -0.05) is 49.0 Å². The van der Waals surface area contributed by atoms with Crippen molar-refractivity contribution in [1.29, 1.82) is 0 Å². The van der Waals surface area contributed by atoms with Crippen molar-refractivity contribution >= 4 is 23.4 Å². The SMILES string of the molecule is CCC(Oc1ccccc1)C(=O)Nc1ccccc1SC(F)F. The van der Waals surface area contributed by atoms with E-state index in [-0.39, 0.29) is 5.91 Å². The van der Waals surface area contributed by atoms with Gasteiger partial charge in [0.1, 0.15) is 5.75 Å². The number of carbonyl (C=O) groups excluding carboxylic acids is 1. The van der Waals surface area contributed by atoms with E-state index in [1.165, 1.54) is 0 Å². The van der Waals surface area contributed by atoms with E-state index in [2.05, 4.69) is 5.32 Å². The highest BCUT2D eigenvalue weighted by Gasteiger charge is 2.20. The summed E-state index contributed by atoms with van der Waals surface area (Å²) in [5, 5.41) is 2.67. The molecule has 0 fully saturated rings. The van der Waals surface area contributed by atoms with Crippen molar-refractivity contribution in [1.82, 2.24) is 0 Å². The molecule has 23 heavy (non-hydrogen) atoms. The van der Waals surface area contributed by atoms with Crippen molar-refractivity contribution in [2.45, 2.75) is 30.1 Å². The van der Waals surface area contributed by atoms with Crippen LogP contribution >= 0.6 is 11.8 Å². The molecule has 3 nitrogen and oxygen atoms in total. The number of nitrogens with one attached hydrogen (secondary N) is 1. The van der Waals surface area contributed by atoms with Gasteiger partial charge in [-0.2, -0.15) is 8.78 Å². The number of hydrogen-bond acceptors (Lipinski definition) is 3. The molecule has 0 saturated heterocycles. The first-order valence-electron chi connectivity index (χ1n) is 7.16. The zero-order valence-electron chi connectivity index (χ0n) is 12.5. The molecule has 0 aliphatic carbocycles. The molecule has 6 heteroatoms. The molecule has 0 heterocycles. The number of amides is 1. The van der Waals surface area contributed by atoms with Crippen LogP contribution in [-0.4, -0.2) is 17.8 Å². The molecule has 0 saturated carbocycles. The minimum absolute atomic E-state index is 0.324. The molecule has 1 atom stereocenters. The first-order chi connectivity index (χ1) is 11.1. The average molecular weight is 337 g/mol. The van der Waals surface area contributed by atoms with Crippen LogP contribution in [0.1, 0.15) is 13.3 Å². The van der Waals surface area contributed by atoms with E-state index >= 15 is 0 Å². The second kappa shape index (κ2) is 8.53. The van der Waals surface area contributed by atoms with Gasteiger partial charge in [-0.25, -0.2) is 0 Å². The van der Waals surface area contributed by atoms with Crippen LogP contribution < -0.4 is 10.1 Å². The van der Waals surface area contributed by atoms with Gasteiger partial charge >= 0.3 is 0 Å². The third kappa shape index (κ3) is 5.25. The standard InChI is InChI=1S/C17H17F2NO2S/c1-2-14(22-12-8-4-3-5-9-12)16(21)20-13-10-6-7-11-15(13)23-17(18)19/h3-11,14,17H,2H2,1H3,(H,20,21). The topological polar surface area (TPSA) is 38.3 Å². The van der Waals surface area contributed by atoms with Gasteiger partial charge in [0.05, 0.1) is 5.69 Å². The van der Waals surface area contributed by atoms with Crippen molar-refractivity contribution < 1.29 is 18.3 Å². The zero-order chi connectivity index (χ0) is 16.7. The fourth-order valence-corrected chi connectivity index (χ4v) is 2.56. The lowest BCUT2D eigenvalue weighted by atomic mass is 10.2. The largest absolute Gasteiger partial charge is 0.481 e. The lowest BCUT2D eigenvalue weighted by Crippen LogP contribution is -2.32. The molecule has 0 aliphatic heterocycles. The van der Waals surface area contributed by atoms with E-state index in [1.54, 1.807) is 36.4 Å². The Labute approximate surface area is 138 Å². The number of ether oxygens (including phenoxy) is 1. The van der Waals surface area contributed by atoms with Crippen molar-refractivity contribution in [3.8, 4) is 5.75 Å². The van der Waals surface area contributed by atoms with Gasteiger partial charge in [0.25, 0.3) is 11.7 Å². The lowest BCUT2D eigenvalue weighted by Gasteiger charge is -2.18. The fourth-order valence-electron chi connectivity index (χ4n) is 1.97. The number of rotatable bonds is 7. The number of para-hydroxylation sites is 2. The van der Waals surface area contributed by atoms with Crippen LogP contribution in [0.25, 0.3) is 0 Å². The second-order valence-corrected chi connectivity index (χ2v) is 5.72. The Hall–Kier alpha value is -2.08. The van der Waals surface area contributed by atoms with Gasteiger partial charge in [0, 0.05) is 4.90 Å². The Morgan fingerprint density at radius 3 is 2.43 bits per heavy atom. The molecule has 1 N–H and O–H groups in total. The third-order valence-corrected chi connectivity index (χ3v) is 3.83. The molecule has 0 bridgehead atoms. The van der Waals surface area contributed by atoms with Crippen LogP contribution in [-0.2, 0) is 4.79 Å². The second-order valence-electron chi connectivity index (χ2n) is 4.69. The number of halogens is 2. The Balaban J connectivity index is 2.08. The smallest absolute Gasteiger partial charge is 0.288 e. The summed E-state index contributed by atoms with van der Waals surface area (Å²) in [6.07, 6.45) is -0.229. The lowest BCUT2D eigenvalue weighted by molar-refractivity contribution is -0.122. The number of hydrogen-bond donors (Lipinski definition) is 1. The highest BCUT2D eigenvalue weighted by atomic mass is 32.2. The van der Waals surface area contributed by atoms with Gasteiger partial charge in [0.2, 0.25) is 0 Å². The molecule has 2 aromatic rings. The van der Waals surface area contributed by atoms with Gasteiger partial charge < -0.3 is 10.1 Å². The van der Waals surface area contributed by atoms with Crippen LogP contribution in [0.5, 0.6) is 5.75 Å². The highest BCUT2D eigenvalue weighted by molar-refractivity contribution is 7.99. The van der Waals surface area contributed by atoms with E-state index in [9.17, 15) is 13.6 Å². The van der Waals surface area contributed by atoms with Crippen molar-refractivity contribution in [3.63, 3.8) is 0 Å². The summed E-state index contributed by atoms with van der Waals surface area (Å²) in [4.78, 5) is 12.7. The van der Waals surface area contributed by atoms with E-state index in [0.29, 0.717) is 34.5 Å². The number of anilines is 1. The van der Waals surface area contributed by atoms with E-state index in [0.717, 1.165) is 0 Å². The quantitative estimate of drug-likeness (QED) is 0.738. The third-order valence-electron chi connectivity index (χ3n) is 3.05. The molecule has 0 radical (unpaired) electrons. The zero-order valence-corrected chi connectivity index (χ0v) is 13.4. The Morgan fingerprint density at radius 2 is 1.78 bits per heavy atom. The van der Waals surface area contributed by atoms with Crippen LogP contribution in [0.3, 0.4) is 0 Å². The van der Waals surface area contributed by atoms with Gasteiger partial charge in [-0.05, 0) is 30.7 Å². The fraction of sp³-hybridized carbons (Fsp3) is 0.235. The maximum absolute atomic E-state index is 12.6. The maximum atomic E-state index is 12.6. The molecule has 0 aromatic heterocycles. The normalized spacial score (nSPS) is 12.0. The van der Waals surface area contributed by atoms with Crippen LogP contribution in [0.2, 0.25) is 0 Å². The Kier molecular flexibility index (Phi) is 6.40. The van der Waals surface area contributed by atoms with Gasteiger partial charge in [-0.15, -0.1) is 0 Å². The van der Waals surface area contributed by atoms with E-state index < -0.39 is 11.9 Å². The molecule has 0 aliphatic rings. The predicted octanol–water partition coefficient (Wildman–Crippen LogP) is 4.80. The first-order valence-corrected chi connectivity index (χ1v) is 8.04. The first kappa shape index (κ1) is 17.3. The minimum Gasteiger partial charge on any atom is -0.481 e. The molecule has 0 spiro atoms. The maximum Gasteiger partial charge on any atom is 0.288 e. The summed E-state index contributed by atoms with van der Waals surface area (Å²) >= 11 is 0.401. The van der Waals surface area contributed by atoms with Gasteiger partial charge in [0.15, 0.2) is 6.10 Å². The van der Waals surface area contributed by atoms with Crippen molar-refractivity contribution in [2.75, 3.05) is 5.32 Å². The summed E-state index contributed by atoms with van der Waals surface area (Å²) in [6.45, 7) is 1.83. The summed E-state index contributed by atoms with van der Waals surface area (Å²) < 4.78 is 30.8. The van der Waals surface area contributed by atoms with Crippen molar-refractivity contribution in [2.24, 2.45) is 0 Å². The summed E-state index contributed by atoms with van der Waals surface area (Å²) in [5.41, 5.74) is 0.359. The average Bonchev–Trinajstić information content (AvgIpc) is 2.55. The Bertz CT molecular complexity index is 638. The van der Waals surface area contributed by atoms with E-state index in [1.807, 2.05) is 25.1 Å². The molecule has 122 valence electrons. The molecule has 1 amide bonds. The minimum atomic E-state index is -2.55. The molecular weight excluding hydrogens is 320 g/mol. The summed E-state index contributed by atoms with van der Waals surface area (Å²) in [7, 11) is 0. The number of thioether (sulfide) groups is 1. The molecule has 2 aromatic carbocycles. The Morgan fingerprint density at radius 1 is 1.13 bits per heavy atom. The molecule has 1 unspecified atom stereocenters. The predicted molar refractivity (Wildman–Crippen MR) is 88.1 cm³/mol. The summed E-state index contributed by atoms with van der Waals surface area (Å²) in [5.74, 6) is -2.32. The molecular formula is C17H17F2NO2S. The van der Waals surface area contributed by atoms with Gasteiger partial charge in [-0.3, -0.25) is 4.79 Å². The van der Waals surface area contributed by atoms with Crippen LogP contribution in [0, 0.1) is 0 Å². The van der Waals surface area contributed by atoms with E-state index in [4.69, 9.17) is 4.74 Å². The molecule has 2 rings (SSSR count). The van der Waals surface area contributed by atoms with Crippen LogP contribution in [0.4, 0.5) is 14.5 Å². The van der Waals surface area contributed by atoms with Crippen LogP contribution in [0.15, 0.2) is 59.5 Å². The highest BCUT2D eigenvalue weighted by Crippen LogP contribution is 2.31. The monoisotopic (exact) mass is 337 g/mol. The summed E-state index contributed by atoms with van der Waals surface area (Å²) in [6, 6.07) is 15.5.